The molecule has 2 N–H and O–H groups in total. The fraction of sp³-hybridized carbons (Fsp3) is 0.818. The van der Waals surface area contributed by atoms with Gasteiger partial charge in [0, 0.05) is 18.3 Å². The van der Waals surface area contributed by atoms with Crippen molar-refractivity contribution in [2.45, 2.75) is 38.2 Å². The van der Waals surface area contributed by atoms with Crippen LogP contribution in [0, 0.1) is 0 Å². The van der Waals surface area contributed by atoms with E-state index in [1.807, 2.05) is 20.8 Å². The Bertz CT molecular complexity index is 324. The lowest BCUT2D eigenvalue weighted by atomic mass is 10.2. The lowest BCUT2D eigenvalue weighted by Crippen LogP contribution is -2.53. The van der Waals surface area contributed by atoms with Crippen LogP contribution < -0.4 is 0 Å². The number of carbonyl (C=O) groups excluding carboxylic acids is 1. The quantitative estimate of drug-likeness (QED) is 0.788. The zero-order valence-electron chi connectivity index (χ0n) is 10.9. The van der Waals surface area contributed by atoms with Crippen LogP contribution >= 0.6 is 11.8 Å². The van der Waals surface area contributed by atoms with E-state index in [9.17, 15) is 9.59 Å². The number of aliphatic hydroxyl groups excluding tert-OH is 1. The van der Waals surface area contributed by atoms with Gasteiger partial charge in [-0.25, -0.2) is 9.59 Å². The van der Waals surface area contributed by atoms with Crippen LogP contribution in [0.3, 0.4) is 0 Å². The van der Waals surface area contributed by atoms with Gasteiger partial charge < -0.3 is 15.1 Å². The van der Waals surface area contributed by atoms with Crippen molar-refractivity contribution in [3.8, 4) is 0 Å². The third-order valence-electron chi connectivity index (χ3n) is 2.94. The summed E-state index contributed by atoms with van der Waals surface area (Å²) in [6.07, 6.45) is 0. The summed E-state index contributed by atoms with van der Waals surface area (Å²) in [5.41, 5.74) is 0. The highest BCUT2D eigenvalue weighted by atomic mass is 32.2. The molecule has 2 unspecified atom stereocenters. The van der Waals surface area contributed by atoms with Crippen molar-refractivity contribution < 1.29 is 19.8 Å². The highest BCUT2D eigenvalue weighted by Crippen LogP contribution is 2.30. The van der Waals surface area contributed by atoms with E-state index in [2.05, 4.69) is 0 Å². The maximum absolute atomic E-state index is 12.4. The standard InChI is InChI=1S/C11H20N2O4S/c1-7(2)12(4-5-14)11(17)13-8(3)18-6-9(13)10(15)16/h7-9,14H,4-6H2,1-3H3,(H,15,16). The number of aliphatic carboxylic acids is 1. The number of hydrogen-bond donors (Lipinski definition) is 2. The van der Waals surface area contributed by atoms with Crippen LogP contribution in [0.2, 0.25) is 0 Å². The van der Waals surface area contributed by atoms with Gasteiger partial charge >= 0.3 is 12.0 Å². The Labute approximate surface area is 111 Å². The summed E-state index contributed by atoms with van der Waals surface area (Å²) in [7, 11) is 0. The lowest BCUT2D eigenvalue weighted by molar-refractivity contribution is -0.141. The van der Waals surface area contributed by atoms with E-state index in [1.165, 1.54) is 21.6 Å². The molecule has 1 fully saturated rings. The third-order valence-corrected chi connectivity index (χ3v) is 4.16. The summed E-state index contributed by atoms with van der Waals surface area (Å²) >= 11 is 1.45. The Balaban J connectivity index is 2.88. The van der Waals surface area contributed by atoms with E-state index < -0.39 is 12.0 Å². The molecule has 1 aliphatic heterocycles. The van der Waals surface area contributed by atoms with Gasteiger partial charge in [-0.05, 0) is 20.8 Å². The molecule has 2 atom stereocenters. The predicted molar refractivity (Wildman–Crippen MR) is 69.5 cm³/mol. The first kappa shape index (κ1) is 15.1. The number of rotatable bonds is 4. The zero-order chi connectivity index (χ0) is 13.9. The number of carboxylic acid groups (broad SMARTS) is 1. The Morgan fingerprint density at radius 2 is 2.11 bits per heavy atom. The molecule has 0 aromatic heterocycles. The molecule has 0 aromatic rings. The fourth-order valence-electron chi connectivity index (χ4n) is 1.95. The summed E-state index contributed by atoms with van der Waals surface area (Å²) in [5.74, 6) is -0.569. The number of urea groups is 1. The van der Waals surface area contributed by atoms with E-state index in [0.29, 0.717) is 5.75 Å². The summed E-state index contributed by atoms with van der Waals surface area (Å²) in [5, 5.41) is 18.0. The van der Waals surface area contributed by atoms with Crippen LogP contribution in [0.5, 0.6) is 0 Å². The molecule has 18 heavy (non-hydrogen) atoms. The molecule has 0 saturated carbocycles. The molecule has 1 heterocycles. The number of aliphatic hydroxyl groups is 1. The third kappa shape index (κ3) is 3.08. The van der Waals surface area contributed by atoms with Gasteiger partial charge in [0.15, 0.2) is 0 Å². The molecule has 1 aliphatic rings. The molecule has 104 valence electrons. The van der Waals surface area contributed by atoms with E-state index in [-0.39, 0.29) is 30.6 Å². The van der Waals surface area contributed by atoms with Gasteiger partial charge in [-0.1, -0.05) is 0 Å². The molecule has 6 nitrogen and oxygen atoms in total. The molecule has 7 heteroatoms. The second-order valence-electron chi connectivity index (χ2n) is 4.49. The van der Waals surface area contributed by atoms with Crippen molar-refractivity contribution in [1.29, 1.82) is 0 Å². The number of thioether (sulfide) groups is 1. The predicted octanol–water partition coefficient (Wildman–Crippen LogP) is 0.657. The fourth-order valence-corrected chi connectivity index (χ4v) is 3.12. The van der Waals surface area contributed by atoms with E-state index >= 15 is 0 Å². The molecule has 0 bridgehead atoms. The normalized spacial score (nSPS) is 23.5. The highest BCUT2D eigenvalue weighted by Gasteiger charge is 2.41. The first-order chi connectivity index (χ1) is 8.40. The van der Waals surface area contributed by atoms with Crippen molar-refractivity contribution in [1.82, 2.24) is 9.80 Å². The van der Waals surface area contributed by atoms with Crippen molar-refractivity contribution in [2.24, 2.45) is 0 Å². The number of hydrogen-bond acceptors (Lipinski definition) is 4. The monoisotopic (exact) mass is 276 g/mol. The first-order valence-electron chi connectivity index (χ1n) is 5.94. The summed E-state index contributed by atoms with van der Waals surface area (Å²) in [6, 6.07) is -1.17. The average Bonchev–Trinajstić information content (AvgIpc) is 2.66. The topological polar surface area (TPSA) is 81.1 Å². The van der Waals surface area contributed by atoms with Gasteiger partial charge in [-0.3, -0.25) is 4.90 Å². The van der Waals surface area contributed by atoms with Gasteiger partial charge in [0.25, 0.3) is 0 Å². The van der Waals surface area contributed by atoms with Crippen molar-refractivity contribution in [3.63, 3.8) is 0 Å². The van der Waals surface area contributed by atoms with E-state index in [1.54, 1.807) is 0 Å². The molecule has 1 saturated heterocycles. The van der Waals surface area contributed by atoms with Gasteiger partial charge in [-0.15, -0.1) is 11.8 Å². The molecule has 0 aromatic carbocycles. The van der Waals surface area contributed by atoms with Crippen LogP contribution in [0.15, 0.2) is 0 Å². The maximum Gasteiger partial charge on any atom is 0.327 e. The van der Waals surface area contributed by atoms with Crippen LogP contribution in [0.1, 0.15) is 20.8 Å². The van der Waals surface area contributed by atoms with Crippen molar-refractivity contribution >= 4 is 23.8 Å². The second kappa shape index (κ2) is 6.29. The Kier molecular flexibility index (Phi) is 5.28. The van der Waals surface area contributed by atoms with Gasteiger partial charge in [-0.2, -0.15) is 0 Å². The van der Waals surface area contributed by atoms with Gasteiger partial charge in [0.2, 0.25) is 0 Å². The van der Waals surface area contributed by atoms with Crippen LogP contribution in [0.25, 0.3) is 0 Å². The molecule has 0 spiro atoms. The van der Waals surface area contributed by atoms with E-state index in [4.69, 9.17) is 10.2 Å². The van der Waals surface area contributed by atoms with Gasteiger partial charge in [0.05, 0.1) is 12.0 Å². The number of amides is 2. The van der Waals surface area contributed by atoms with E-state index in [0.717, 1.165) is 0 Å². The minimum absolute atomic E-state index is 0.0723. The molecule has 1 rings (SSSR count). The highest BCUT2D eigenvalue weighted by molar-refractivity contribution is 8.00. The lowest BCUT2D eigenvalue weighted by Gasteiger charge is -2.34. The Morgan fingerprint density at radius 3 is 2.56 bits per heavy atom. The SMILES string of the molecule is CC(C)N(CCO)C(=O)N1C(C)SCC1C(=O)O. The smallest absolute Gasteiger partial charge is 0.327 e. The largest absolute Gasteiger partial charge is 0.480 e. The van der Waals surface area contributed by atoms with Crippen molar-refractivity contribution in [3.05, 3.63) is 0 Å². The minimum atomic E-state index is -0.979. The Hall–Kier alpha value is -0.950. The number of nitrogens with zero attached hydrogens (tertiary/aromatic N) is 2. The van der Waals surface area contributed by atoms with Gasteiger partial charge in [0.1, 0.15) is 6.04 Å². The molecule has 0 aliphatic carbocycles. The summed E-state index contributed by atoms with van der Waals surface area (Å²) < 4.78 is 0. The molecular formula is C11H20N2O4S. The van der Waals surface area contributed by atoms with Crippen LogP contribution in [-0.2, 0) is 4.79 Å². The van der Waals surface area contributed by atoms with Crippen LogP contribution in [-0.4, -0.2) is 68.4 Å². The average molecular weight is 276 g/mol. The second-order valence-corrected chi connectivity index (χ2v) is 5.84. The zero-order valence-corrected chi connectivity index (χ0v) is 11.7. The first-order valence-corrected chi connectivity index (χ1v) is 6.99. The molecule has 2 amide bonds. The molecular weight excluding hydrogens is 256 g/mol. The summed E-state index contributed by atoms with van der Waals surface area (Å²) in [4.78, 5) is 26.4. The Morgan fingerprint density at radius 1 is 1.50 bits per heavy atom. The number of carboxylic acids is 1. The van der Waals surface area contributed by atoms with Crippen molar-refractivity contribution in [2.75, 3.05) is 18.9 Å². The maximum atomic E-state index is 12.4. The van der Waals surface area contributed by atoms with Crippen LogP contribution in [0.4, 0.5) is 4.79 Å². The molecule has 0 radical (unpaired) electrons. The summed E-state index contributed by atoms with van der Waals surface area (Å²) in [6.45, 7) is 5.60. The minimum Gasteiger partial charge on any atom is -0.480 e. The number of carbonyl (C=O) groups is 2.